The second-order valence-electron chi connectivity index (χ2n) is 18.4. The van der Waals surface area contributed by atoms with E-state index in [0.717, 1.165) is 128 Å². The van der Waals surface area contributed by atoms with Crippen LogP contribution in [0.15, 0.2) is 134 Å². The van der Waals surface area contributed by atoms with E-state index in [4.69, 9.17) is 24.3 Å². The van der Waals surface area contributed by atoms with Gasteiger partial charge >= 0.3 is 19.8 Å². The fourth-order valence-electron chi connectivity index (χ4n) is 7.37. The number of unbranched alkanes of at least 4 members (excludes halogenated alkanes) is 17. The lowest BCUT2D eigenvalue weighted by Gasteiger charge is -2.19. The van der Waals surface area contributed by atoms with Gasteiger partial charge in [0.2, 0.25) is 0 Å². The number of rotatable bonds is 52. The number of nitrogens with two attached hydrogens (primary N) is 1. The summed E-state index contributed by atoms with van der Waals surface area (Å²) >= 11 is 0. The molecule has 0 bridgehead atoms. The fraction of sp³-hybridized carbons (Fsp3) is 0.619. The van der Waals surface area contributed by atoms with Crippen molar-refractivity contribution in [2.75, 3.05) is 26.4 Å². The molecule has 0 aliphatic carbocycles. The van der Waals surface area contributed by atoms with Crippen LogP contribution in [0, 0.1) is 0 Å². The SMILES string of the molecule is CC/C=C\C/C=C\C/C=C\C/C=C\C/C=C\C/C=C\C/C=C\CCCCCCCCCC(=O)OC(COC(=O)CCCCCCCCCCCC/C=C\C/C=C\C/C=C\C/C=C\CC)COP(=O)(O)OCCN. The monoisotopic (exact) mass is 1030 g/mol. The molecule has 2 atom stereocenters. The highest BCUT2D eigenvalue weighted by atomic mass is 31.2. The topological polar surface area (TPSA) is 134 Å². The van der Waals surface area contributed by atoms with Crippen molar-refractivity contribution in [1.29, 1.82) is 0 Å². The smallest absolute Gasteiger partial charge is 0.462 e. The quantitative estimate of drug-likeness (QED) is 0.0264. The number of carbonyl (C=O) groups is 2. The fourth-order valence-corrected chi connectivity index (χ4v) is 8.14. The summed E-state index contributed by atoms with van der Waals surface area (Å²) < 4.78 is 33.0. The molecule has 0 saturated heterocycles. The van der Waals surface area contributed by atoms with Crippen LogP contribution in [0.4, 0.5) is 0 Å². The largest absolute Gasteiger partial charge is 0.472 e. The Bertz CT molecular complexity index is 1650. The van der Waals surface area contributed by atoms with E-state index in [-0.39, 0.29) is 32.6 Å². The third-order valence-electron chi connectivity index (χ3n) is 11.5. The van der Waals surface area contributed by atoms with E-state index in [2.05, 4.69) is 148 Å². The molecule has 0 aliphatic rings. The molecule has 0 radical (unpaired) electrons. The molecule has 3 N–H and O–H groups in total. The molecule has 0 aromatic carbocycles. The summed E-state index contributed by atoms with van der Waals surface area (Å²) in [5.41, 5.74) is 5.38. The summed E-state index contributed by atoms with van der Waals surface area (Å²) in [6.07, 6.45) is 80.6. The predicted molar refractivity (Wildman–Crippen MR) is 311 cm³/mol. The lowest BCUT2D eigenvalue weighted by Crippen LogP contribution is -2.29. The van der Waals surface area contributed by atoms with Gasteiger partial charge in [0.15, 0.2) is 6.10 Å². The first-order chi connectivity index (χ1) is 35.8. The zero-order valence-corrected chi connectivity index (χ0v) is 47.0. The van der Waals surface area contributed by atoms with E-state index in [1.165, 1.54) is 57.8 Å². The van der Waals surface area contributed by atoms with Crippen LogP contribution in [-0.4, -0.2) is 49.3 Å². The number of hydrogen-bond acceptors (Lipinski definition) is 8. The van der Waals surface area contributed by atoms with Crippen molar-refractivity contribution in [3.8, 4) is 0 Å². The Balaban J connectivity index is 4.07. The Labute approximate surface area is 446 Å². The van der Waals surface area contributed by atoms with E-state index in [9.17, 15) is 19.0 Å². The Morgan fingerprint density at radius 1 is 0.411 bits per heavy atom. The molecule has 73 heavy (non-hydrogen) atoms. The third kappa shape index (κ3) is 57.3. The predicted octanol–water partition coefficient (Wildman–Crippen LogP) is 18.2. The van der Waals surface area contributed by atoms with Crippen molar-refractivity contribution in [3.63, 3.8) is 0 Å². The number of ether oxygens (including phenoxy) is 2. The standard InChI is InChI=1S/C63H104NO8P/c1-3-5-7-9-11-13-15-17-19-21-23-25-27-28-29-30-31-32-34-36-38-40-42-44-46-48-50-52-54-56-63(66)72-61(60-71-73(67,68)70-58-57-64)59-69-62(65)55-53-51-49-47-45-43-41-39-37-35-33-26-24-22-20-18-16-14-12-10-8-6-4-2/h5-8,11-14,17-20,23-26,28-29,31-32,36,38,61H,3-4,9-10,15-16,21-22,27,30,33-35,37,39-60,64H2,1-2H3,(H,67,68)/b7-5-,8-6-,13-11-,14-12-,19-17-,20-18-,25-23-,26-24-,29-28-,32-31-,38-36-. The zero-order valence-electron chi connectivity index (χ0n) is 46.1. The minimum absolute atomic E-state index is 0.0435. The Kier molecular flexibility index (Phi) is 54.4. The summed E-state index contributed by atoms with van der Waals surface area (Å²) in [4.78, 5) is 35.2. The van der Waals surface area contributed by atoms with Crippen LogP contribution in [-0.2, 0) is 32.7 Å². The van der Waals surface area contributed by atoms with E-state index in [0.29, 0.717) is 6.42 Å². The summed E-state index contributed by atoms with van der Waals surface area (Å²) in [7, 11) is -4.40. The number of phosphoric acid groups is 1. The minimum Gasteiger partial charge on any atom is -0.462 e. The van der Waals surface area contributed by atoms with Crippen molar-refractivity contribution in [2.45, 2.75) is 225 Å². The average molecular weight is 1030 g/mol. The number of hydrogen-bond donors (Lipinski definition) is 2. The van der Waals surface area contributed by atoms with Gasteiger partial charge in [-0.15, -0.1) is 0 Å². The maximum atomic E-state index is 12.7. The summed E-state index contributed by atoms with van der Waals surface area (Å²) in [6.45, 7) is 3.49. The zero-order chi connectivity index (χ0) is 53.1. The highest BCUT2D eigenvalue weighted by Crippen LogP contribution is 2.43. The van der Waals surface area contributed by atoms with Gasteiger partial charge in [0.05, 0.1) is 13.2 Å². The van der Waals surface area contributed by atoms with Gasteiger partial charge in [-0.25, -0.2) is 4.57 Å². The summed E-state index contributed by atoms with van der Waals surface area (Å²) in [5, 5.41) is 0. The van der Waals surface area contributed by atoms with Gasteiger partial charge in [-0.1, -0.05) is 231 Å². The molecule has 10 heteroatoms. The molecule has 9 nitrogen and oxygen atoms in total. The molecule has 0 fully saturated rings. The third-order valence-corrected chi connectivity index (χ3v) is 12.5. The highest BCUT2D eigenvalue weighted by Gasteiger charge is 2.26. The lowest BCUT2D eigenvalue weighted by atomic mass is 10.1. The average Bonchev–Trinajstić information content (AvgIpc) is 3.38. The maximum Gasteiger partial charge on any atom is 0.472 e. The molecule has 0 spiro atoms. The van der Waals surface area contributed by atoms with Crippen molar-refractivity contribution < 1.29 is 37.6 Å². The molecule has 0 aliphatic heterocycles. The number of allylic oxidation sites excluding steroid dienone is 22. The first kappa shape index (κ1) is 69.2. The first-order valence-corrected chi connectivity index (χ1v) is 30.2. The van der Waals surface area contributed by atoms with Crippen LogP contribution in [0.3, 0.4) is 0 Å². The van der Waals surface area contributed by atoms with E-state index in [1.807, 2.05) is 0 Å². The molecule has 0 aromatic rings. The van der Waals surface area contributed by atoms with Gasteiger partial charge in [0.25, 0.3) is 0 Å². The van der Waals surface area contributed by atoms with E-state index >= 15 is 0 Å². The molecule has 0 aromatic heterocycles. The van der Waals surface area contributed by atoms with Gasteiger partial charge in [0.1, 0.15) is 6.61 Å². The van der Waals surface area contributed by atoms with Crippen molar-refractivity contribution in [3.05, 3.63) is 134 Å². The van der Waals surface area contributed by atoms with Crippen LogP contribution < -0.4 is 5.73 Å². The van der Waals surface area contributed by atoms with Crippen molar-refractivity contribution in [1.82, 2.24) is 0 Å². The molecule has 414 valence electrons. The first-order valence-electron chi connectivity index (χ1n) is 28.7. The van der Waals surface area contributed by atoms with Crippen LogP contribution in [0.1, 0.15) is 219 Å². The molecule has 0 heterocycles. The summed E-state index contributed by atoms with van der Waals surface area (Å²) in [6, 6.07) is 0. The molecule has 0 rings (SSSR count). The Morgan fingerprint density at radius 2 is 0.712 bits per heavy atom. The number of phosphoric ester groups is 1. The van der Waals surface area contributed by atoms with Crippen LogP contribution in [0.25, 0.3) is 0 Å². The minimum atomic E-state index is -4.40. The van der Waals surface area contributed by atoms with Gasteiger partial charge in [-0.05, 0) is 109 Å². The lowest BCUT2D eigenvalue weighted by molar-refractivity contribution is -0.161. The van der Waals surface area contributed by atoms with Gasteiger partial charge < -0.3 is 20.1 Å². The van der Waals surface area contributed by atoms with Gasteiger partial charge in [0, 0.05) is 19.4 Å². The summed E-state index contributed by atoms with van der Waals surface area (Å²) in [5.74, 6) is -0.854. The van der Waals surface area contributed by atoms with E-state index in [1.54, 1.807) is 0 Å². The van der Waals surface area contributed by atoms with Gasteiger partial charge in [-0.2, -0.15) is 0 Å². The van der Waals surface area contributed by atoms with Crippen molar-refractivity contribution >= 4 is 19.8 Å². The second kappa shape index (κ2) is 57.4. The number of esters is 2. The molecule has 0 amide bonds. The molecular weight excluding hydrogens is 930 g/mol. The molecule has 0 saturated carbocycles. The van der Waals surface area contributed by atoms with Gasteiger partial charge in [-0.3, -0.25) is 18.6 Å². The van der Waals surface area contributed by atoms with Crippen LogP contribution in [0.2, 0.25) is 0 Å². The molecule has 2 unspecified atom stereocenters. The Hall–Kier alpha value is -3.85. The van der Waals surface area contributed by atoms with Crippen molar-refractivity contribution in [2.24, 2.45) is 5.73 Å². The normalized spacial score (nSPS) is 14.1. The van der Waals surface area contributed by atoms with Crippen LogP contribution in [0.5, 0.6) is 0 Å². The van der Waals surface area contributed by atoms with E-state index < -0.39 is 32.5 Å². The number of carbonyl (C=O) groups excluding carboxylic acids is 2. The Morgan fingerprint density at radius 3 is 1.05 bits per heavy atom. The second-order valence-corrected chi connectivity index (χ2v) is 19.8. The highest BCUT2D eigenvalue weighted by molar-refractivity contribution is 7.47. The van der Waals surface area contributed by atoms with Crippen LogP contribution >= 0.6 is 7.82 Å². The molecular formula is C63H104NO8P. The maximum absolute atomic E-state index is 12.7.